The molecule has 0 aliphatic heterocycles. The molecule has 0 spiro atoms. The van der Waals surface area contributed by atoms with Crippen LogP contribution in [0, 0.1) is 0 Å². The van der Waals surface area contributed by atoms with E-state index in [2.05, 4.69) is 0 Å². The number of benzene rings is 3. The molecule has 2 N–H and O–H groups in total. The first-order valence-corrected chi connectivity index (χ1v) is 11.3. The fraction of sp³-hybridized carbons (Fsp3) is 0.120. The molecular weight excluding hydrogens is 554 g/mol. The summed E-state index contributed by atoms with van der Waals surface area (Å²) in [4.78, 5) is 50.6. The highest BCUT2D eigenvalue weighted by Gasteiger charge is 2.42. The van der Waals surface area contributed by atoms with Crippen molar-refractivity contribution in [3.63, 3.8) is 0 Å². The molecule has 0 aliphatic carbocycles. The van der Waals surface area contributed by atoms with Gasteiger partial charge in [0.05, 0.1) is 32.4 Å². The molecule has 13 heteroatoms. The molecule has 38 heavy (non-hydrogen) atoms. The number of anilines is 1. The lowest BCUT2D eigenvalue weighted by Crippen LogP contribution is -2.48. The second-order valence-electron chi connectivity index (χ2n) is 7.48. The first-order valence-electron chi connectivity index (χ1n) is 10.5. The number of hydrogen-bond donors (Lipinski definition) is 2. The van der Waals surface area contributed by atoms with Crippen LogP contribution in [-0.4, -0.2) is 41.1 Å². The second kappa shape index (κ2) is 12.0. The van der Waals surface area contributed by atoms with Crippen LogP contribution in [-0.2, 0) is 25.2 Å². The van der Waals surface area contributed by atoms with Crippen LogP contribution in [0.4, 0.5) is 18.9 Å². The molecule has 198 valence electrons. The number of carbonyl (C=O) groups excluding carboxylic acids is 3. The molecule has 0 fully saturated rings. The van der Waals surface area contributed by atoms with Gasteiger partial charge >= 0.3 is 24.1 Å². The molecule has 0 radical (unpaired) electrons. The molecule has 0 bridgehead atoms. The van der Waals surface area contributed by atoms with Crippen LogP contribution in [0.5, 0.6) is 0 Å². The maximum absolute atomic E-state index is 13.4. The van der Waals surface area contributed by atoms with E-state index < -0.39 is 53.5 Å². The zero-order valence-electron chi connectivity index (χ0n) is 18.9. The van der Waals surface area contributed by atoms with E-state index in [9.17, 15) is 37.5 Å². The molecule has 3 rings (SSSR count). The van der Waals surface area contributed by atoms with Crippen molar-refractivity contribution >= 4 is 52.7 Å². The lowest BCUT2D eigenvalue weighted by atomic mass is 10.1. The van der Waals surface area contributed by atoms with E-state index in [1.807, 2.05) is 5.32 Å². The SMILES string of the molecule is O=C(O[C@H](C(=O)Nc1ccccc1C(F)(F)F)[C@@H](OC(=O)c1ccccc1Cl)C(=O)O)c1ccccc1Cl. The number of halogens is 5. The minimum atomic E-state index is -4.89. The van der Waals surface area contributed by atoms with Crippen molar-refractivity contribution in [3.8, 4) is 0 Å². The fourth-order valence-electron chi connectivity index (χ4n) is 3.15. The minimum absolute atomic E-state index is 0.116. The van der Waals surface area contributed by atoms with Gasteiger partial charge in [-0.3, -0.25) is 4.79 Å². The first-order chi connectivity index (χ1) is 17.9. The molecule has 1 amide bonds. The zero-order valence-corrected chi connectivity index (χ0v) is 20.4. The van der Waals surface area contributed by atoms with E-state index in [0.717, 1.165) is 12.1 Å². The van der Waals surface area contributed by atoms with Gasteiger partial charge in [-0.25, -0.2) is 14.4 Å². The van der Waals surface area contributed by atoms with E-state index in [4.69, 9.17) is 32.7 Å². The van der Waals surface area contributed by atoms with Gasteiger partial charge in [0.25, 0.3) is 5.91 Å². The maximum Gasteiger partial charge on any atom is 0.418 e. The number of alkyl halides is 3. The van der Waals surface area contributed by atoms with Crippen LogP contribution in [0.3, 0.4) is 0 Å². The number of rotatable bonds is 8. The van der Waals surface area contributed by atoms with Crippen molar-refractivity contribution in [1.29, 1.82) is 0 Å². The Kier molecular flexibility index (Phi) is 8.97. The maximum atomic E-state index is 13.4. The summed E-state index contributed by atoms with van der Waals surface area (Å²) in [6.07, 6.45) is -9.84. The van der Waals surface area contributed by atoms with Crippen molar-refractivity contribution in [2.45, 2.75) is 18.4 Å². The fourth-order valence-corrected chi connectivity index (χ4v) is 3.57. The summed E-state index contributed by atoms with van der Waals surface area (Å²) >= 11 is 11.9. The highest BCUT2D eigenvalue weighted by Crippen LogP contribution is 2.35. The largest absolute Gasteiger partial charge is 0.478 e. The van der Waals surface area contributed by atoms with Gasteiger partial charge in [0.2, 0.25) is 12.2 Å². The van der Waals surface area contributed by atoms with Gasteiger partial charge in [-0.15, -0.1) is 0 Å². The second-order valence-corrected chi connectivity index (χ2v) is 8.30. The Labute approximate surface area is 222 Å². The predicted octanol–water partition coefficient (Wildman–Crippen LogP) is 5.49. The number of para-hydroxylation sites is 1. The van der Waals surface area contributed by atoms with Gasteiger partial charge in [0.1, 0.15) is 0 Å². The van der Waals surface area contributed by atoms with Gasteiger partial charge in [0, 0.05) is 0 Å². The predicted molar refractivity (Wildman–Crippen MR) is 129 cm³/mol. The number of aliphatic carboxylic acids is 1. The third kappa shape index (κ3) is 6.81. The van der Waals surface area contributed by atoms with E-state index in [1.165, 1.54) is 54.6 Å². The Bertz CT molecular complexity index is 1380. The molecule has 0 saturated carbocycles. The number of esters is 2. The van der Waals surface area contributed by atoms with Crippen molar-refractivity contribution in [2.75, 3.05) is 5.32 Å². The standard InChI is InChI=1S/C25H16Cl2F3NO7/c26-16-10-4-1-7-13(16)23(35)37-19(21(32)31-18-12-6-3-9-15(18)25(28,29)30)20(22(33)34)38-24(36)14-8-2-5-11-17(14)27/h1-12,19-20H,(H,31,32)(H,33,34)/t19-,20+/m0/s1. The van der Waals surface area contributed by atoms with Crippen molar-refractivity contribution in [2.24, 2.45) is 0 Å². The van der Waals surface area contributed by atoms with Gasteiger partial charge in [-0.1, -0.05) is 59.6 Å². The molecular formula is C25H16Cl2F3NO7. The summed E-state index contributed by atoms with van der Waals surface area (Å²) in [6, 6.07) is 14.6. The smallest absolute Gasteiger partial charge is 0.418 e. The first kappa shape index (κ1) is 28.5. The third-order valence-corrected chi connectivity index (χ3v) is 5.58. The van der Waals surface area contributed by atoms with Crippen molar-refractivity contribution in [3.05, 3.63) is 99.5 Å². The normalized spacial score (nSPS) is 12.7. The summed E-state index contributed by atoms with van der Waals surface area (Å²) in [7, 11) is 0. The number of amides is 1. The third-order valence-electron chi connectivity index (χ3n) is 4.92. The number of ether oxygens (including phenoxy) is 2. The minimum Gasteiger partial charge on any atom is -0.478 e. The molecule has 0 unspecified atom stereocenters. The van der Waals surface area contributed by atoms with Crippen LogP contribution < -0.4 is 5.32 Å². The topological polar surface area (TPSA) is 119 Å². The summed E-state index contributed by atoms with van der Waals surface area (Å²) in [6.45, 7) is 0. The molecule has 0 saturated heterocycles. The zero-order chi connectivity index (χ0) is 28.0. The van der Waals surface area contributed by atoms with Crippen LogP contribution in [0.15, 0.2) is 72.8 Å². The Morgan fingerprint density at radius 2 is 1.18 bits per heavy atom. The molecule has 2 atom stereocenters. The molecule has 3 aromatic carbocycles. The quantitative estimate of drug-likeness (QED) is 0.344. The number of carboxylic acid groups (broad SMARTS) is 1. The average molecular weight is 570 g/mol. The highest BCUT2D eigenvalue weighted by atomic mass is 35.5. The molecule has 0 heterocycles. The Morgan fingerprint density at radius 3 is 1.66 bits per heavy atom. The van der Waals surface area contributed by atoms with Gasteiger partial charge < -0.3 is 19.9 Å². The number of carbonyl (C=O) groups is 4. The Morgan fingerprint density at radius 1 is 0.737 bits per heavy atom. The van der Waals surface area contributed by atoms with E-state index in [-0.39, 0.29) is 21.2 Å². The average Bonchev–Trinajstić information content (AvgIpc) is 2.85. The van der Waals surface area contributed by atoms with Gasteiger partial charge in [-0.05, 0) is 36.4 Å². The summed E-state index contributed by atoms with van der Waals surface area (Å²) in [5, 5.41) is 11.4. The highest BCUT2D eigenvalue weighted by molar-refractivity contribution is 6.34. The summed E-state index contributed by atoms with van der Waals surface area (Å²) < 4.78 is 50.3. The summed E-state index contributed by atoms with van der Waals surface area (Å²) in [5.74, 6) is -6.08. The van der Waals surface area contributed by atoms with E-state index in [0.29, 0.717) is 6.07 Å². The van der Waals surface area contributed by atoms with E-state index in [1.54, 1.807) is 0 Å². The van der Waals surface area contributed by atoms with Crippen molar-refractivity contribution in [1.82, 2.24) is 0 Å². The Balaban J connectivity index is 2.00. The van der Waals surface area contributed by atoms with Crippen molar-refractivity contribution < 1.29 is 46.9 Å². The van der Waals surface area contributed by atoms with Gasteiger partial charge in [0.15, 0.2) is 0 Å². The molecule has 0 aliphatic rings. The monoisotopic (exact) mass is 569 g/mol. The molecule has 3 aromatic rings. The molecule has 0 aromatic heterocycles. The lowest BCUT2D eigenvalue weighted by Gasteiger charge is -2.24. The van der Waals surface area contributed by atoms with Crippen LogP contribution >= 0.6 is 23.2 Å². The summed E-state index contributed by atoms with van der Waals surface area (Å²) in [5.41, 5.74) is -2.58. The number of nitrogens with one attached hydrogen (secondary N) is 1. The van der Waals surface area contributed by atoms with Crippen LogP contribution in [0.1, 0.15) is 26.3 Å². The van der Waals surface area contributed by atoms with Crippen LogP contribution in [0.2, 0.25) is 10.0 Å². The number of hydrogen-bond acceptors (Lipinski definition) is 6. The van der Waals surface area contributed by atoms with Crippen LogP contribution in [0.25, 0.3) is 0 Å². The number of carboxylic acids is 1. The molecule has 8 nitrogen and oxygen atoms in total. The van der Waals surface area contributed by atoms with Gasteiger partial charge in [-0.2, -0.15) is 13.2 Å². The Hall–Kier alpha value is -4.09. The lowest BCUT2D eigenvalue weighted by molar-refractivity contribution is -0.157. The van der Waals surface area contributed by atoms with E-state index >= 15 is 0 Å².